The van der Waals surface area contributed by atoms with Gasteiger partial charge in [0.25, 0.3) is 0 Å². The maximum atomic E-state index is 5.70. The minimum Gasteiger partial charge on any atom is -0.484 e. The second-order valence-electron chi connectivity index (χ2n) is 4.23. The summed E-state index contributed by atoms with van der Waals surface area (Å²) in [6.07, 6.45) is 3.41. The van der Waals surface area contributed by atoms with E-state index in [9.17, 15) is 0 Å². The molecule has 18 heavy (non-hydrogen) atoms. The first-order chi connectivity index (χ1) is 8.81. The zero-order valence-corrected chi connectivity index (χ0v) is 10.1. The van der Waals surface area contributed by atoms with E-state index in [4.69, 9.17) is 9.15 Å². The van der Waals surface area contributed by atoms with Gasteiger partial charge in [-0.15, -0.1) is 0 Å². The maximum absolute atomic E-state index is 5.70. The summed E-state index contributed by atoms with van der Waals surface area (Å²) in [5.41, 5.74) is 2.12. The number of aromatic nitrogens is 1. The molecule has 1 aromatic carbocycles. The third-order valence-electron chi connectivity index (χ3n) is 2.74. The molecule has 3 heteroatoms. The van der Waals surface area contributed by atoms with Crippen molar-refractivity contribution in [2.45, 2.75) is 13.5 Å². The minimum atomic E-state index is 0.416. The Kier molecular flexibility index (Phi) is 2.73. The molecule has 90 valence electrons. The second-order valence-corrected chi connectivity index (χ2v) is 4.23. The van der Waals surface area contributed by atoms with Crippen LogP contribution in [-0.4, -0.2) is 4.98 Å². The van der Waals surface area contributed by atoms with Crippen molar-refractivity contribution in [1.29, 1.82) is 0 Å². The largest absolute Gasteiger partial charge is 0.484 e. The molecule has 3 nitrogen and oxygen atoms in total. The van der Waals surface area contributed by atoms with E-state index in [1.807, 2.05) is 30.3 Å². The average molecular weight is 239 g/mol. The van der Waals surface area contributed by atoms with Crippen LogP contribution in [0.1, 0.15) is 11.3 Å². The Labute approximate surface area is 105 Å². The van der Waals surface area contributed by atoms with Gasteiger partial charge in [-0.25, -0.2) is 0 Å². The third kappa shape index (κ3) is 2.20. The van der Waals surface area contributed by atoms with Crippen LogP contribution in [0.2, 0.25) is 0 Å². The van der Waals surface area contributed by atoms with Gasteiger partial charge in [-0.3, -0.25) is 4.98 Å². The van der Waals surface area contributed by atoms with Gasteiger partial charge in [0.05, 0.1) is 6.20 Å². The molecule has 0 unspecified atom stereocenters. The molecule has 3 aromatic rings. The first-order valence-electron chi connectivity index (χ1n) is 5.83. The summed E-state index contributed by atoms with van der Waals surface area (Å²) < 4.78 is 11.3. The van der Waals surface area contributed by atoms with E-state index in [0.29, 0.717) is 6.61 Å². The molecule has 0 saturated heterocycles. The van der Waals surface area contributed by atoms with Gasteiger partial charge in [0, 0.05) is 11.6 Å². The molecule has 0 fully saturated rings. The fourth-order valence-corrected chi connectivity index (χ4v) is 1.88. The van der Waals surface area contributed by atoms with Crippen molar-refractivity contribution >= 4 is 11.0 Å². The number of fused-ring (bicyclic) bond motifs is 1. The summed E-state index contributed by atoms with van der Waals surface area (Å²) in [6.45, 7) is 2.48. The highest BCUT2D eigenvalue weighted by Crippen LogP contribution is 2.21. The van der Waals surface area contributed by atoms with E-state index in [-0.39, 0.29) is 0 Å². The van der Waals surface area contributed by atoms with Crippen LogP contribution in [-0.2, 0) is 6.61 Å². The van der Waals surface area contributed by atoms with E-state index < -0.39 is 0 Å². The van der Waals surface area contributed by atoms with Crippen LogP contribution in [0.15, 0.2) is 53.2 Å². The molecule has 2 aromatic heterocycles. The Hall–Kier alpha value is -2.29. The zero-order chi connectivity index (χ0) is 12.4. The first kappa shape index (κ1) is 10.8. The van der Waals surface area contributed by atoms with Crippen molar-refractivity contribution in [2.75, 3.05) is 0 Å². The van der Waals surface area contributed by atoms with Crippen LogP contribution in [0.25, 0.3) is 11.0 Å². The third-order valence-corrected chi connectivity index (χ3v) is 2.74. The molecule has 0 N–H and O–H groups in total. The molecule has 0 amide bonds. The SMILES string of the molecule is Cc1ccc2oc(COc3cccnc3)cc2c1. The molecule has 0 aliphatic heterocycles. The monoisotopic (exact) mass is 239 g/mol. The van der Waals surface area contributed by atoms with Crippen LogP contribution in [0.4, 0.5) is 0 Å². The molecular weight excluding hydrogens is 226 g/mol. The Morgan fingerprint density at radius 1 is 1.22 bits per heavy atom. The first-order valence-corrected chi connectivity index (χ1v) is 5.83. The topological polar surface area (TPSA) is 35.3 Å². The predicted molar refractivity (Wildman–Crippen MR) is 69.5 cm³/mol. The van der Waals surface area contributed by atoms with E-state index in [1.165, 1.54) is 5.56 Å². The molecular formula is C15H13NO2. The number of nitrogens with zero attached hydrogens (tertiary/aromatic N) is 1. The highest BCUT2D eigenvalue weighted by molar-refractivity contribution is 5.78. The van der Waals surface area contributed by atoms with Crippen molar-refractivity contribution in [2.24, 2.45) is 0 Å². The number of aryl methyl sites for hydroxylation is 1. The van der Waals surface area contributed by atoms with Crippen LogP contribution < -0.4 is 4.74 Å². The molecule has 0 aliphatic rings. The summed E-state index contributed by atoms with van der Waals surface area (Å²) in [5.74, 6) is 1.56. The lowest BCUT2D eigenvalue weighted by molar-refractivity contribution is 0.273. The minimum absolute atomic E-state index is 0.416. The van der Waals surface area contributed by atoms with E-state index in [0.717, 1.165) is 22.5 Å². The highest BCUT2D eigenvalue weighted by atomic mass is 16.5. The molecule has 2 heterocycles. The molecule has 0 atom stereocenters. The van der Waals surface area contributed by atoms with Crippen molar-refractivity contribution in [3.8, 4) is 5.75 Å². The lowest BCUT2D eigenvalue weighted by atomic mass is 10.2. The lowest BCUT2D eigenvalue weighted by Crippen LogP contribution is -1.93. The van der Waals surface area contributed by atoms with Gasteiger partial charge in [0.2, 0.25) is 0 Å². The number of rotatable bonds is 3. The smallest absolute Gasteiger partial charge is 0.146 e. The van der Waals surface area contributed by atoms with Crippen molar-refractivity contribution in [3.63, 3.8) is 0 Å². The Balaban J connectivity index is 1.79. The van der Waals surface area contributed by atoms with Gasteiger partial charge >= 0.3 is 0 Å². The van der Waals surface area contributed by atoms with Crippen LogP contribution >= 0.6 is 0 Å². The summed E-state index contributed by atoms with van der Waals surface area (Å²) >= 11 is 0. The van der Waals surface area contributed by atoms with Gasteiger partial charge in [0.1, 0.15) is 23.7 Å². The molecule has 0 radical (unpaired) electrons. The maximum Gasteiger partial charge on any atom is 0.146 e. The lowest BCUT2D eigenvalue weighted by Gasteiger charge is -2.01. The van der Waals surface area contributed by atoms with Crippen LogP contribution in [0.3, 0.4) is 0 Å². The number of hydrogen-bond donors (Lipinski definition) is 0. The zero-order valence-electron chi connectivity index (χ0n) is 10.1. The predicted octanol–water partition coefficient (Wildman–Crippen LogP) is 3.72. The standard InChI is InChI=1S/C15H13NO2/c1-11-4-5-15-12(7-11)8-14(18-15)10-17-13-3-2-6-16-9-13/h2-9H,10H2,1H3. The van der Waals surface area contributed by atoms with Gasteiger partial charge < -0.3 is 9.15 Å². The van der Waals surface area contributed by atoms with Crippen LogP contribution in [0, 0.1) is 6.92 Å². The number of hydrogen-bond acceptors (Lipinski definition) is 3. The van der Waals surface area contributed by atoms with Crippen molar-refractivity contribution in [3.05, 3.63) is 60.1 Å². The van der Waals surface area contributed by atoms with Gasteiger partial charge in [0.15, 0.2) is 0 Å². The number of ether oxygens (including phenoxy) is 1. The van der Waals surface area contributed by atoms with E-state index in [2.05, 4.69) is 18.0 Å². The molecule has 0 aliphatic carbocycles. The normalized spacial score (nSPS) is 10.7. The average Bonchev–Trinajstić information content (AvgIpc) is 2.79. The number of pyridine rings is 1. The summed E-state index contributed by atoms with van der Waals surface area (Å²) in [7, 11) is 0. The van der Waals surface area contributed by atoms with Gasteiger partial charge in [-0.1, -0.05) is 11.6 Å². The Bertz CT molecular complexity index is 659. The number of benzene rings is 1. The fourth-order valence-electron chi connectivity index (χ4n) is 1.88. The summed E-state index contributed by atoms with van der Waals surface area (Å²) in [6, 6.07) is 11.9. The van der Waals surface area contributed by atoms with E-state index >= 15 is 0 Å². The Morgan fingerprint density at radius 2 is 2.17 bits per heavy atom. The van der Waals surface area contributed by atoms with Crippen LogP contribution in [0.5, 0.6) is 5.75 Å². The molecule has 0 spiro atoms. The quantitative estimate of drug-likeness (QED) is 0.698. The van der Waals surface area contributed by atoms with Crippen molar-refractivity contribution < 1.29 is 9.15 Å². The van der Waals surface area contributed by atoms with E-state index in [1.54, 1.807) is 12.4 Å². The Morgan fingerprint density at radius 3 is 3.00 bits per heavy atom. The van der Waals surface area contributed by atoms with Crippen molar-refractivity contribution in [1.82, 2.24) is 4.98 Å². The fraction of sp³-hybridized carbons (Fsp3) is 0.133. The van der Waals surface area contributed by atoms with Gasteiger partial charge in [-0.2, -0.15) is 0 Å². The number of furan rings is 1. The highest BCUT2D eigenvalue weighted by Gasteiger charge is 2.04. The van der Waals surface area contributed by atoms with Gasteiger partial charge in [-0.05, 0) is 37.3 Å². The molecule has 0 bridgehead atoms. The second kappa shape index (κ2) is 4.53. The molecule has 0 saturated carbocycles. The summed E-state index contributed by atoms with van der Waals surface area (Å²) in [4.78, 5) is 4.00. The molecule has 3 rings (SSSR count). The summed E-state index contributed by atoms with van der Waals surface area (Å²) in [5, 5.41) is 1.11.